The van der Waals surface area contributed by atoms with Gasteiger partial charge < -0.3 is 5.11 Å². The number of aromatic nitrogens is 1. The SMILES string of the molecule is Cc1cc(C(=O)O)cnc1CCC(F)(F)F. The largest absolute Gasteiger partial charge is 0.478 e. The third kappa shape index (κ3) is 3.52. The van der Waals surface area contributed by atoms with Crippen molar-refractivity contribution < 1.29 is 23.1 Å². The zero-order valence-corrected chi connectivity index (χ0v) is 8.51. The molecule has 1 heterocycles. The van der Waals surface area contributed by atoms with Crippen LogP contribution in [0.15, 0.2) is 12.3 Å². The van der Waals surface area contributed by atoms with Crippen LogP contribution < -0.4 is 0 Å². The average Bonchev–Trinajstić information content (AvgIpc) is 2.14. The number of carbonyl (C=O) groups is 1. The molecule has 0 aliphatic heterocycles. The molecule has 6 heteroatoms. The summed E-state index contributed by atoms with van der Waals surface area (Å²) in [5, 5.41) is 8.64. The van der Waals surface area contributed by atoms with Gasteiger partial charge in [0, 0.05) is 18.3 Å². The van der Waals surface area contributed by atoms with Crippen molar-refractivity contribution in [1.29, 1.82) is 0 Å². The van der Waals surface area contributed by atoms with E-state index in [1.54, 1.807) is 6.92 Å². The van der Waals surface area contributed by atoms with E-state index in [4.69, 9.17) is 5.11 Å². The first-order valence-electron chi connectivity index (χ1n) is 4.55. The number of hydrogen-bond acceptors (Lipinski definition) is 2. The highest BCUT2D eigenvalue weighted by Gasteiger charge is 2.27. The van der Waals surface area contributed by atoms with Crippen molar-refractivity contribution in [3.63, 3.8) is 0 Å². The molecule has 0 saturated carbocycles. The molecule has 0 aromatic carbocycles. The lowest BCUT2D eigenvalue weighted by Gasteiger charge is -2.08. The topological polar surface area (TPSA) is 50.2 Å². The Morgan fingerprint density at radius 1 is 1.50 bits per heavy atom. The molecule has 0 amide bonds. The highest BCUT2D eigenvalue weighted by Crippen LogP contribution is 2.22. The maximum atomic E-state index is 12.0. The molecule has 1 aromatic rings. The summed E-state index contributed by atoms with van der Waals surface area (Å²) in [5.41, 5.74) is 0.722. The molecule has 1 N–H and O–H groups in total. The molecule has 0 aliphatic carbocycles. The molecule has 0 spiro atoms. The first-order valence-corrected chi connectivity index (χ1v) is 4.55. The van der Waals surface area contributed by atoms with Gasteiger partial charge in [-0.2, -0.15) is 13.2 Å². The Morgan fingerprint density at radius 3 is 2.56 bits per heavy atom. The van der Waals surface area contributed by atoms with E-state index in [1.165, 1.54) is 6.07 Å². The quantitative estimate of drug-likeness (QED) is 0.872. The molecule has 1 aromatic heterocycles. The van der Waals surface area contributed by atoms with Crippen LogP contribution in [0.5, 0.6) is 0 Å². The minimum absolute atomic E-state index is 0.0201. The normalized spacial score (nSPS) is 11.5. The summed E-state index contributed by atoms with van der Waals surface area (Å²) in [6.45, 7) is 1.55. The van der Waals surface area contributed by atoms with Crippen LogP contribution in [-0.4, -0.2) is 22.2 Å². The van der Waals surface area contributed by atoms with Gasteiger partial charge in [-0.1, -0.05) is 0 Å². The van der Waals surface area contributed by atoms with Crippen LogP contribution in [0.4, 0.5) is 13.2 Å². The van der Waals surface area contributed by atoms with E-state index in [2.05, 4.69) is 4.98 Å². The van der Waals surface area contributed by atoms with Crippen LogP contribution in [0, 0.1) is 6.92 Å². The van der Waals surface area contributed by atoms with E-state index in [-0.39, 0.29) is 17.7 Å². The number of pyridine rings is 1. The molecule has 16 heavy (non-hydrogen) atoms. The minimum atomic E-state index is -4.22. The summed E-state index contributed by atoms with van der Waals surface area (Å²) in [4.78, 5) is 14.3. The molecular weight excluding hydrogens is 223 g/mol. The van der Waals surface area contributed by atoms with E-state index in [1.807, 2.05) is 0 Å². The van der Waals surface area contributed by atoms with E-state index in [0.717, 1.165) is 6.20 Å². The highest BCUT2D eigenvalue weighted by molar-refractivity contribution is 5.87. The molecular formula is C10H10F3NO2. The monoisotopic (exact) mass is 233 g/mol. The number of carboxylic acids is 1. The van der Waals surface area contributed by atoms with Crippen molar-refractivity contribution in [3.8, 4) is 0 Å². The fraction of sp³-hybridized carbons (Fsp3) is 0.400. The number of aromatic carboxylic acids is 1. The van der Waals surface area contributed by atoms with Gasteiger partial charge in [-0.05, 0) is 25.0 Å². The first-order chi connectivity index (χ1) is 7.29. The van der Waals surface area contributed by atoms with E-state index in [9.17, 15) is 18.0 Å². The Kier molecular flexibility index (Phi) is 3.51. The molecule has 0 atom stereocenters. The van der Waals surface area contributed by atoms with Gasteiger partial charge in [0.2, 0.25) is 0 Å². The number of halogens is 3. The zero-order chi connectivity index (χ0) is 12.3. The third-order valence-corrected chi connectivity index (χ3v) is 2.08. The fourth-order valence-electron chi connectivity index (χ4n) is 1.24. The van der Waals surface area contributed by atoms with Crippen molar-refractivity contribution in [2.75, 3.05) is 0 Å². The lowest BCUT2D eigenvalue weighted by Crippen LogP contribution is -2.10. The van der Waals surface area contributed by atoms with Crippen LogP contribution in [0.2, 0.25) is 0 Å². The summed E-state index contributed by atoms with van der Waals surface area (Å²) in [7, 11) is 0. The second-order valence-electron chi connectivity index (χ2n) is 3.41. The Bertz CT molecular complexity index is 402. The first kappa shape index (κ1) is 12.5. The Labute approximate surface area is 89.9 Å². The molecule has 0 fully saturated rings. The van der Waals surface area contributed by atoms with Gasteiger partial charge in [0.1, 0.15) is 0 Å². The summed E-state index contributed by atoms with van der Waals surface area (Å²) in [5.74, 6) is -1.14. The van der Waals surface area contributed by atoms with Crippen molar-refractivity contribution in [2.24, 2.45) is 0 Å². The minimum Gasteiger partial charge on any atom is -0.478 e. The molecule has 0 aliphatic rings. The maximum absolute atomic E-state index is 12.0. The van der Waals surface area contributed by atoms with Gasteiger partial charge in [0.05, 0.1) is 5.56 Å². The lowest BCUT2D eigenvalue weighted by molar-refractivity contribution is -0.134. The van der Waals surface area contributed by atoms with Gasteiger partial charge in [-0.25, -0.2) is 4.79 Å². The Morgan fingerprint density at radius 2 is 2.12 bits per heavy atom. The standard InChI is InChI=1S/C10H10F3NO2/c1-6-4-7(9(15)16)5-14-8(6)2-3-10(11,12)13/h4-5H,2-3H2,1H3,(H,15,16). The lowest BCUT2D eigenvalue weighted by atomic mass is 10.1. The van der Waals surface area contributed by atoms with Crippen molar-refractivity contribution >= 4 is 5.97 Å². The summed E-state index contributed by atoms with van der Waals surface area (Å²) in [6.07, 6.45) is -4.33. The van der Waals surface area contributed by atoms with E-state index >= 15 is 0 Å². The van der Waals surface area contributed by atoms with Gasteiger partial charge in [0.15, 0.2) is 0 Å². The smallest absolute Gasteiger partial charge is 0.389 e. The van der Waals surface area contributed by atoms with Gasteiger partial charge >= 0.3 is 12.1 Å². The summed E-state index contributed by atoms with van der Waals surface area (Å²) < 4.78 is 35.9. The molecule has 0 bridgehead atoms. The summed E-state index contributed by atoms with van der Waals surface area (Å²) in [6, 6.07) is 1.32. The Hall–Kier alpha value is -1.59. The third-order valence-electron chi connectivity index (χ3n) is 2.08. The van der Waals surface area contributed by atoms with Crippen LogP contribution in [0.3, 0.4) is 0 Å². The predicted octanol–water partition coefficient (Wildman–Crippen LogP) is 2.58. The van der Waals surface area contributed by atoms with Crippen LogP contribution >= 0.6 is 0 Å². The van der Waals surface area contributed by atoms with Gasteiger partial charge in [-0.15, -0.1) is 0 Å². The average molecular weight is 233 g/mol. The van der Waals surface area contributed by atoms with Crippen molar-refractivity contribution in [1.82, 2.24) is 4.98 Å². The second-order valence-corrected chi connectivity index (χ2v) is 3.41. The number of alkyl halides is 3. The molecule has 88 valence electrons. The Balaban J connectivity index is 2.80. The number of aryl methyl sites for hydroxylation is 2. The van der Waals surface area contributed by atoms with E-state index < -0.39 is 18.6 Å². The number of carboxylic acid groups (broad SMARTS) is 1. The van der Waals surface area contributed by atoms with Crippen LogP contribution in [-0.2, 0) is 6.42 Å². The molecule has 1 rings (SSSR count). The summed E-state index contributed by atoms with van der Waals surface area (Å²) >= 11 is 0. The van der Waals surface area contributed by atoms with Crippen molar-refractivity contribution in [2.45, 2.75) is 25.9 Å². The predicted molar refractivity (Wildman–Crippen MR) is 50.3 cm³/mol. The van der Waals surface area contributed by atoms with Crippen LogP contribution in [0.25, 0.3) is 0 Å². The van der Waals surface area contributed by atoms with E-state index in [0.29, 0.717) is 5.56 Å². The van der Waals surface area contributed by atoms with Crippen LogP contribution in [0.1, 0.15) is 28.0 Å². The van der Waals surface area contributed by atoms with Crippen molar-refractivity contribution in [3.05, 3.63) is 29.1 Å². The molecule has 0 radical (unpaired) electrons. The number of hydrogen-bond donors (Lipinski definition) is 1. The fourth-order valence-corrected chi connectivity index (χ4v) is 1.24. The zero-order valence-electron chi connectivity index (χ0n) is 8.51. The molecule has 0 saturated heterocycles. The molecule has 3 nitrogen and oxygen atoms in total. The maximum Gasteiger partial charge on any atom is 0.389 e. The molecule has 0 unspecified atom stereocenters. The van der Waals surface area contributed by atoms with Gasteiger partial charge in [0.25, 0.3) is 0 Å². The highest BCUT2D eigenvalue weighted by atomic mass is 19.4. The number of rotatable bonds is 3. The van der Waals surface area contributed by atoms with Gasteiger partial charge in [-0.3, -0.25) is 4.98 Å². The second kappa shape index (κ2) is 4.51. The number of nitrogens with zero attached hydrogens (tertiary/aromatic N) is 1.